The molecule has 1 unspecified atom stereocenters. The molecule has 0 radical (unpaired) electrons. The van der Waals surface area contributed by atoms with Crippen molar-refractivity contribution in [2.75, 3.05) is 36.7 Å². The molecular formula is C22H23ClN2O4S. The lowest BCUT2D eigenvalue weighted by molar-refractivity contribution is -0.122. The van der Waals surface area contributed by atoms with E-state index in [1.165, 1.54) is 19.1 Å². The number of carbonyl (C=O) groups excluding carboxylic acids is 2. The molecule has 2 aromatic carbocycles. The van der Waals surface area contributed by atoms with Gasteiger partial charge in [0.2, 0.25) is 11.8 Å². The van der Waals surface area contributed by atoms with Crippen LogP contribution in [0.5, 0.6) is 11.5 Å². The van der Waals surface area contributed by atoms with Gasteiger partial charge in [-0.25, -0.2) is 0 Å². The minimum absolute atomic E-state index is 0.112. The standard InChI is InChI=1S/C22H23ClN2O4S/c1-4-9-30-20-8-6-5-7-16(20)24-22(27)14-10-21(26)25(13-14)17-11-15(23)18(28-2)12-19(17)29-3/h4-8,11-12,14H,1,9-10,13H2,2-3H3,(H,24,27). The second-order valence-corrected chi connectivity index (χ2v) is 8.12. The molecule has 6 nitrogen and oxygen atoms in total. The van der Waals surface area contributed by atoms with E-state index in [0.717, 1.165) is 16.3 Å². The number of thioether (sulfide) groups is 1. The van der Waals surface area contributed by atoms with Gasteiger partial charge in [0.25, 0.3) is 0 Å². The number of para-hydroxylation sites is 1. The monoisotopic (exact) mass is 446 g/mol. The highest BCUT2D eigenvalue weighted by Crippen LogP contribution is 2.40. The number of benzene rings is 2. The van der Waals surface area contributed by atoms with Crippen LogP contribution in [-0.2, 0) is 9.59 Å². The van der Waals surface area contributed by atoms with Crippen molar-refractivity contribution in [3.63, 3.8) is 0 Å². The Balaban J connectivity index is 1.77. The summed E-state index contributed by atoms with van der Waals surface area (Å²) >= 11 is 7.83. The van der Waals surface area contributed by atoms with Gasteiger partial charge in [-0.05, 0) is 18.2 Å². The molecule has 0 saturated carbocycles. The third-order valence-electron chi connectivity index (χ3n) is 4.74. The van der Waals surface area contributed by atoms with Gasteiger partial charge in [0, 0.05) is 29.7 Å². The summed E-state index contributed by atoms with van der Waals surface area (Å²) in [5.74, 6) is 0.796. The van der Waals surface area contributed by atoms with E-state index in [1.54, 1.807) is 23.9 Å². The van der Waals surface area contributed by atoms with Crippen molar-refractivity contribution >= 4 is 46.6 Å². The first kappa shape index (κ1) is 22.1. The van der Waals surface area contributed by atoms with Crippen LogP contribution in [-0.4, -0.2) is 38.3 Å². The predicted octanol–water partition coefficient (Wildman–Crippen LogP) is 4.63. The average molecular weight is 447 g/mol. The summed E-state index contributed by atoms with van der Waals surface area (Å²) in [6, 6.07) is 10.8. The van der Waals surface area contributed by atoms with Crippen molar-refractivity contribution in [3.05, 3.63) is 54.1 Å². The molecule has 1 aliphatic rings. The quantitative estimate of drug-likeness (QED) is 0.473. The summed E-state index contributed by atoms with van der Waals surface area (Å²) in [5, 5.41) is 3.33. The van der Waals surface area contributed by atoms with Gasteiger partial charge in [-0.3, -0.25) is 9.59 Å². The molecule has 3 rings (SSSR count). The molecule has 1 fully saturated rings. The minimum Gasteiger partial charge on any atom is -0.495 e. The molecule has 158 valence electrons. The zero-order valence-electron chi connectivity index (χ0n) is 16.8. The Kier molecular flexibility index (Phi) is 7.29. The van der Waals surface area contributed by atoms with Crippen molar-refractivity contribution < 1.29 is 19.1 Å². The Labute approximate surface area is 185 Å². The second-order valence-electron chi connectivity index (χ2n) is 6.65. The minimum atomic E-state index is -0.486. The van der Waals surface area contributed by atoms with Crippen molar-refractivity contribution in [3.8, 4) is 11.5 Å². The Morgan fingerprint density at radius 3 is 2.73 bits per heavy atom. The molecule has 2 amide bonds. The Morgan fingerprint density at radius 1 is 1.30 bits per heavy atom. The number of rotatable bonds is 8. The molecule has 0 aromatic heterocycles. The summed E-state index contributed by atoms with van der Waals surface area (Å²) < 4.78 is 10.6. The van der Waals surface area contributed by atoms with Crippen LogP contribution in [0.15, 0.2) is 53.9 Å². The van der Waals surface area contributed by atoms with Crippen LogP contribution in [0.2, 0.25) is 5.02 Å². The number of nitrogens with one attached hydrogen (secondary N) is 1. The third-order valence-corrected chi connectivity index (χ3v) is 6.11. The highest BCUT2D eigenvalue weighted by molar-refractivity contribution is 7.99. The van der Waals surface area contributed by atoms with Gasteiger partial charge in [-0.15, -0.1) is 18.3 Å². The summed E-state index contributed by atoms with van der Waals surface area (Å²) in [4.78, 5) is 28.1. The van der Waals surface area contributed by atoms with Crippen molar-refractivity contribution in [2.45, 2.75) is 11.3 Å². The van der Waals surface area contributed by atoms with Crippen molar-refractivity contribution in [1.29, 1.82) is 0 Å². The fourth-order valence-electron chi connectivity index (χ4n) is 3.25. The predicted molar refractivity (Wildman–Crippen MR) is 121 cm³/mol. The Bertz CT molecular complexity index is 966. The van der Waals surface area contributed by atoms with Crippen molar-refractivity contribution in [1.82, 2.24) is 0 Å². The maximum atomic E-state index is 12.9. The highest BCUT2D eigenvalue weighted by Gasteiger charge is 2.37. The van der Waals surface area contributed by atoms with E-state index in [9.17, 15) is 9.59 Å². The van der Waals surface area contributed by atoms with Gasteiger partial charge in [-0.1, -0.05) is 29.8 Å². The molecule has 0 aliphatic carbocycles. The lowest BCUT2D eigenvalue weighted by atomic mass is 10.1. The smallest absolute Gasteiger partial charge is 0.229 e. The first-order chi connectivity index (χ1) is 14.5. The number of carbonyl (C=O) groups is 2. The number of hydrogen-bond donors (Lipinski definition) is 1. The highest BCUT2D eigenvalue weighted by atomic mass is 35.5. The zero-order chi connectivity index (χ0) is 21.7. The Hall–Kier alpha value is -2.64. The Morgan fingerprint density at radius 2 is 2.03 bits per heavy atom. The van der Waals surface area contributed by atoms with Crippen LogP contribution in [0.4, 0.5) is 11.4 Å². The van der Waals surface area contributed by atoms with Crippen LogP contribution < -0.4 is 19.7 Å². The van der Waals surface area contributed by atoms with Gasteiger partial charge < -0.3 is 19.7 Å². The van der Waals surface area contributed by atoms with E-state index < -0.39 is 5.92 Å². The van der Waals surface area contributed by atoms with Crippen molar-refractivity contribution in [2.24, 2.45) is 5.92 Å². The number of hydrogen-bond acceptors (Lipinski definition) is 5. The third kappa shape index (κ3) is 4.74. The zero-order valence-corrected chi connectivity index (χ0v) is 18.4. The molecule has 30 heavy (non-hydrogen) atoms. The topological polar surface area (TPSA) is 67.9 Å². The number of nitrogens with zero attached hydrogens (tertiary/aromatic N) is 1. The largest absolute Gasteiger partial charge is 0.495 e. The fourth-order valence-corrected chi connectivity index (χ4v) is 4.23. The lowest BCUT2D eigenvalue weighted by Gasteiger charge is -2.21. The number of methoxy groups -OCH3 is 2. The van der Waals surface area contributed by atoms with Gasteiger partial charge in [-0.2, -0.15) is 0 Å². The lowest BCUT2D eigenvalue weighted by Crippen LogP contribution is -2.28. The van der Waals surface area contributed by atoms with E-state index in [0.29, 0.717) is 22.2 Å². The molecule has 1 N–H and O–H groups in total. The van der Waals surface area contributed by atoms with Gasteiger partial charge in [0.15, 0.2) is 0 Å². The number of anilines is 2. The first-order valence-electron chi connectivity index (χ1n) is 9.34. The van der Waals surface area contributed by atoms with Crippen LogP contribution in [0.25, 0.3) is 0 Å². The molecule has 2 aromatic rings. The second kappa shape index (κ2) is 9.91. The molecule has 1 atom stereocenters. The van der Waals surface area contributed by atoms with E-state index in [-0.39, 0.29) is 24.8 Å². The summed E-state index contributed by atoms with van der Waals surface area (Å²) in [7, 11) is 3.02. The van der Waals surface area contributed by atoms with E-state index in [2.05, 4.69) is 11.9 Å². The van der Waals surface area contributed by atoms with E-state index in [1.807, 2.05) is 30.3 Å². The van der Waals surface area contributed by atoms with Gasteiger partial charge >= 0.3 is 0 Å². The SMILES string of the molecule is C=CCSc1ccccc1NC(=O)C1CC(=O)N(c2cc(Cl)c(OC)cc2OC)C1. The molecule has 1 aliphatic heterocycles. The normalized spacial score (nSPS) is 15.8. The number of amides is 2. The van der Waals surface area contributed by atoms with Crippen LogP contribution >= 0.6 is 23.4 Å². The molecular weight excluding hydrogens is 424 g/mol. The number of ether oxygens (including phenoxy) is 2. The molecule has 0 spiro atoms. The molecule has 1 saturated heterocycles. The summed E-state index contributed by atoms with van der Waals surface area (Å²) in [5.41, 5.74) is 1.25. The molecule has 0 bridgehead atoms. The van der Waals surface area contributed by atoms with E-state index >= 15 is 0 Å². The van der Waals surface area contributed by atoms with Crippen LogP contribution in [0.3, 0.4) is 0 Å². The maximum Gasteiger partial charge on any atom is 0.229 e. The number of halogens is 1. The van der Waals surface area contributed by atoms with Gasteiger partial charge in [0.1, 0.15) is 11.5 Å². The van der Waals surface area contributed by atoms with Crippen LogP contribution in [0.1, 0.15) is 6.42 Å². The molecule has 8 heteroatoms. The first-order valence-corrected chi connectivity index (χ1v) is 10.7. The molecule has 1 heterocycles. The average Bonchev–Trinajstić information content (AvgIpc) is 3.14. The summed E-state index contributed by atoms with van der Waals surface area (Å²) in [6.07, 6.45) is 1.92. The summed E-state index contributed by atoms with van der Waals surface area (Å²) in [6.45, 7) is 3.97. The van der Waals surface area contributed by atoms with Crippen LogP contribution in [0, 0.1) is 5.92 Å². The maximum absolute atomic E-state index is 12.9. The van der Waals surface area contributed by atoms with Gasteiger partial charge in [0.05, 0.1) is 36.5 Å². The fraction of sp³-hybridized carbons (Fsp3) is 0.273. The van der Waals surface area contributed by atoms with E-state index in [4.69, 9.17) is 21.1 Å².